The van der Waals surface area contributed by atoms with Crippen LogP contribution in [0.25, 0.3) is 0 Å². The molecule has 2 nitrogen and oxygen atoms in total. The maximum Gasteiger partial charge on any atom is 0.305 e. The van der Waals surface area contributed by atoms with Crippen molar-refractivity contribution in [2.75, 3.05) is 7.11 Å². The Kier molecular flexibility index (Phi) is 10.1. The Hall–Kier alpha value is -0.240. The second-order valence-corrected chi connectivity index (χ2v) is 4.53. The van der Waals surface area contributed by atoms with Crippen LogP contribution < -0.4 is 0 Å². The maximum absolute atomic E-state index is 10.8. The van der Waals surface area contributed by atoms with Crippen LogP contribution in [0.15, 0.2) is 0 Å². The molecule has 0 heterocycles. The number of hydrogen-bond acceptors (Lipinski definition) is 2. The van der Waals surface area contributed by atoms with E-state index in [1.165, 1.54) is 20.0 Å². The predicted molar refractivity (Wildman–Crippen MR) is 64.3 cm³/mol. The van der Waals surface area contributed by atoms with E-state index in [0.29, 0.717) is 11.8 Å². The fourth-order valence-electron chi connectivity index (χ4n) is 1.55. The normalized spacial score (nSPS) is 12.5. The van der Waals surface area contributed by atoms with Gasteiger partial charge in [0.25, 0.3) is 0 Å². The highest BCUT2D eigenvalue weighted by Crippen LogP contribution is 2.15. The number of alkyl halides is 1. The van der Waals surface area contributed by atoms with Crippen molar-refractivity contribution in [1.82, 2.24) is 0 Å². The van der Waals surface area contributed by atoms with Crippen LogP contribution in [0, 0.1) is 0 Å². The number of carbonyl (C=O) groups excluding carboxylic acids is 1. The summed E-state index contributed by atoms with van der Waals surface area (Å²) in [7, 11) is 1.44. The average Bonchev–Trinajstić information content (AvgIpc) is 2.23. The molecule has 90 valence electrons. The molecule has 0 aliphatic heterocycles. The predicted octanol–water partition coefficient (Wildman–Crippen LogP) is 3.91. The van der Waals surface area contributed by atoms with E-state index in [0.717, 1.165) is 32.1 Å². The van der Waals surface area contributed by atoms with Gasteiger partial charge < -0.3 is 4.74 Å². The molecular formula is C12H23ClO2. The summed E-state index contributed by atoms with van der Waals surface area (Å²) in [6.45, 7) is 2.16. The minimum atomic E-state index is -0.101. The first-order valence-electron chi connectivity index (χ1n) is 5.91. The topological polar surface area (TPSA) is 26.3 Å². The number of rotatable bonds is 9. The summed E-state index contributed by atoms with van der Waals surface area (Å²) in [5.74, 6) is -0.101. The number of hydrogen-bond donors (Lipinski definition) is 0. The van der Waals surface area contributed by atoms with E-state index >= 15 is 0 Å². The molecule has 0 amide bonds. The first-order chi connectivity index (χ1) is 7.20. The zero-order chi connectivity index (χ0) is 11.5. The van der Waals surface area contributed by atoms with Gasteiger partial charge in [0.05, 0.1) is 7.11 Å². The SMILES string of the molecule is CCCC(Cl)CCCCCCC(=O)OC. The quantitative estimate of drug-likeness (QED) is 0.344. The molecule has 0 N–H and O–H groups in total. The van der Waals surface area contributed by atoms with E-state index in [4.69, 9.17) is 11.6 Å². The van der Waals surface area contributed by atoms with Crippen molar-refractivity contribution in [2.24, 2.45) is 0 Å². The van der Waals surface area contributed by atoms with E-state index in [2.05, 4.69) is 11.7 Å². The molecule has 0 aromatic heterocycles. The molecule has 0 aromatic carbocycles. The van der Waals surface area contributed by atoms with Gasteiger partial charge in [0.1, 0.15) is 0 Å². The van der Waals surface area contributed by atoms with E-state index in [1.807, 2.05) is 0 Å². The monoisotopic (exact) mass is 234 g/mol. The van der Waals surface area contributed by atoms with Crippen molar-refractivity contribution in [3.8, 4) is 0 Å². The van der Waals surface area contributed by atoms with Gasteiger partial charge in [-0.25, -0.2) is 0 Å². The van der Waals surface area contributed by atoms with E-state index in [1.54, 1.807) is 0 Å². The van der Waals surface area contributed by atoms with Gasteiger partial charge in [0, 0.05) is 11.8 Å². The van der Waals surface area contributed by atoms with E-state index in [-0.39, 0.29) is 5.97 Å². The molecule has 0 bridgehead atoms. The van der Waals surface area contributed by atoms with E-state index < -0.39 is 0 Å². The van der Waals surface area contributed by atoms with Crippen LogP contribution in [0.1, 0.15) is 58.3 Å². The Morgan fingerprint density at radius 3 is 2.47 bits per heavy atom. The summed E-state index contributed by atoms with van der Waals surface area (Å²) in [6, 6.07) is 0. The summed E-state index contributed by atoms with van der Waals surface area (Å²) in [5, 5.41) is 0.343. The van der Waals surface area contributed by atoms with Crippen LogP contribution in [0.4, 0.5) is 0 Å². The number of methoxy groups -OCH3 is 1. The first kappa shape index (κ1) is 14.8. The number of carbonyl (C=O) groups is 1. The van der Waals surface area contributed by atoms with Gasteiger partial charge in [-0.15, -0.1) is 11.6 Å². The summed E-state index contributed by atoms with van der Waals surface area (Å²) >= 11 is 6.09. The Morgan fingerprint density at radius 2 is 1.87 bits per heavy atom. The van der Waals surface area contributed by atoms with E-state index in [9.17, 15) is 4.79 Å². The lowest BCUT2D eigenvalue weighted by atomic mass is 10.1. The third-order valence-corrected chi connectivity index (χ3v) is 2.91. The lowest BCUT2D eigenvalue weighted by Crippen LogP contribution is -2.00. The van der Waals surface area contributed by atoms with Gasteiger partial charge in [-0.05, 0) is 19.3 Å². The lowest BCUT2D eigenvalue weighted by molar-refractivity contribution is -0.140. The average molecular weight is 235 g/mol. The molecular weight excluding hydrogens is 212 g/mol. The van der Waals surface area contributed by atoms with Gasteiger partial charge in [-0.1, -0.05) is 32.6 Å². The second kappa shape index (κ2) is 10.3. The third-order valence-electron chi connectivity index (χ3n) is 2.48. The largest absolute Gasteiger partial charge is 0.469 e. The lowest BCUT2D eigenvalue weighted by Gasteiger charge is -2.06. The van der Waals surface area contributed by atoms with Gasteiger partial charge in [-0.2, -0.15) is 0 Å². The summed E-state index contributed by atoms with van der Waals surface area (Å²) in [5.41, 5.74) is 0. The Morgan fingerprint density at radius 1 is 1.20 bits per heavy atom. The fraction of sp³-hybridized carbons (Fsp3) is 0.917. The molecule has 0 rings (SSSR count). The fourth-order valence-corrected chi connectivity index (χ4v) is 1.92. The Bertz CT molecular complexity index is 160. The van der Waals surface area contributed by atoms with Gasteiger partial charge >= 0.3 is 5.97 Å². The Balaban J connectivity index is 3.14. The highest BCUT2D eigenvalue weighted by molar-refractivity contribution is 6.20. The zero-order valence-electron chi connectivity index (χ0n) is 9.93. The van der Waals surface area contributed by atoms with Gasteiger partial charge in [-0.3, -0.25) is 4.79 Å². The highest BCUT2D eigenvalue weighted by Gasteiger charge is 2.03. The molecule has 0 aromatic rings. The first-order valence-corrected chi connectivity index (χ1v) is 6.35. The van der Waals surface area contributed by atoms with Crippen LogP contribution in [0.5, 0.6) is 0 Å². The zero-order valence-corrected chi connectivity index (χ0v) is 10.7. The third kappa shape index (κ3) is 10.1. The smallest absolute Gasteiger partial charge is 0.305 e. The molecule has 0 saturated carbocycles. The Labute approximate surface area is 98.3 Å². The van der Waals surface area contributed by atoms with Crippen LogP contribution >= 0.6 is 11.6 Å². The number of halogens is 1. The molecule has 0 fully saturated rings. The molecule has 0 aliphatic carbocycles. The van der Waals surface area contributed by atoms with Crippen LogP contribution in [0.3, 0.4) is 0 Å². The van der Waals surface area contributed by atoms with Crippen molar-refractivity contribution < 1.29 is 9.53 Å². The van der Waals surface area contributed by atoms with Gasteiger partial charge in [0.15, 0.2) is 0 Å². The highest BCUT2D eigenvalue weighted by atomic mass is 35.5. The van der Waals surface area contributed by atoms with Crippen LogP contribution in [-0.4, -0.2) is 18.5 Å². The number of esters is 1. The summed E-state index contributed by atoms with van der Waals surface area (Å²) in [4.78, 5) is 10.8. The van der Waals surface area contributed by atoms with Crippen molar-refractivity contribution in [3.05, 3.63) is 0 Å². The molecule has 1 unspecified atom stereocenters. The van der Waals surface area contributed by atoms with Crippen molar-refractivity contribution in [2.45, 2.75) is 63.7 Å². The van der Waals surface area contributed by atoms with Crippen molar-refractivity contribution >= 4 is 17.6 Å². The summed E-state index contributed by atoms with van der Waals surface area (Å²) < 4.78 is 4.57. The van der Waals surface area contributed by atoms with Crippen LogP contribution in [-0.2, 0) is 9.53 Å². The summed E-state index contributed by atoms with van der Waals surface area (Å²) in [6.07, 6.45) is 8.32. The van der Waals surface area contributed by atoms with Crippen LogP contribution in [0.2, 0.25) is 0 Å². The molecule has 0 radical (unpaired) electrons. The maximum atomic E-state index is 10.8. The van der Waals surface area contributed by atoms with Gasteiger partial charge in [0.2, 0.25) is 0 Å². The molecule has 0 aliphatic rings. The molecule has 0 spiro atoms. The molecule has 3 heteroatoms. The van der Waals surface area contributed by atoms with Crippen molar-refractivity contribution in [3.63, 3.8) is 0 Å². The number of unbranched alkanes of at least 4 members (excludes halogenated alkanes) is 3. The van der Waals surface area contributed by atoms with Crippen molar-refractivity contribution in [1.29, 1.82) is 0 Å². The standard InChI is InChI=1S/C12H23ClO2/c1-3-8-11(13)9-6-4-5-7-10-12(14)15-2/h11H,3-10H2,1-2H3. The number of ether oxygens (including phenoxy) is 1. The molecule has 15 heavy (non-hydrogen) atoms. The molecule has 0 saturated heterocycles. The minimum Gasteiger partial charge on any atom is -0.469 e. The molecule has 1 atom stereocenters. The second-order valence-electron chi connectivity index (χ2n) is 3.91. The minimum absolute atomic E-state index is 0.101.